The first-order chi connectivity index (χ1) is 13.7. The second-order valence-electron chi connectivity index (χ2n) is 7.27. The summed E-state index contributed by atoms with van der Waals surface area (Å²) in [5.41, 5.74) is 1.37. The normalized spacial score (nSPS) is 23.1. The van der Waals surface area contributed by atoms with E-state index in [1.807, 2.05) is 41.3 Å². The Balaban J connectivity index is 1.39. The number of hydrogen-bond acceptors (Lipinski definition) is 6. The molecule has 2 bridgehead atoms. The summed E-state index contributed by atoms with van der Waals surface area (Å²) in [7, 11) is 0. The van der Waals surface area contributed by atoms with Crippen molar-refractivity contribution < 1.29 is 14.3 Å². The topological polar surface area (TPSA) is 96.2 Å². The van der Waals surface area contributed by atoms with Crippen molar-refractivity contribution in [1.29, 1.82) is 5.26 Å². The lowest BCUT2D eigenvalue weighted by molar-refractivity contribution is 0.0485. The van der Waals surface area contributed by atoms with Gasteiger partial charge in [0.15, 0.2) is 5.78 Å². The minimum Gasteiger partial charge on any atom is -0.445 e. The highest BCUT2D eigenvalue weighted by molar-refractivity contribution is 5.97. The van der Waals surface area contributed by atoms with E-state index in [9.17, 15) is 9.59 Å². The average molecular weight is 376 g/mol. The van der Waals surface area contributed by atoms with Crippen molar-refractivity contribution in [3.63, 3.8) is 0 Å². The quantitative estimate of drug-likeness (QED) is 0.761. The van der Waals surface area contributed by atoms with Gasteiger partial charge in [0.1, 0.15) is 12.7 Å². The second kappa shape index (κ2) is 7.77. The van der Waals surface area contributed by atoms with Crippen LogP contribution in [-0.4, -0.2) is 38.8 Å². The minimum atomic E-state index is -0.302. The highest BCUT2D eigenvalue weighted by Crippen LogP contribution is 2.40. The van der Waals surface area contributed by atoms with Gasteiger partial charge in [-0.1, -0.05) is 30.3 Å². The number of carbonyl (C=O) groups excluding carboxylic acids is 2. The first kappa shape index (κ1) is 18.1. The van der Waals surface area contributed by atoms with Crippen LogP contribution < -0.4 is 0 Å². The fourth-order valence-corrected chi connectivity index (χ4v) is 4.23. The summed E-state index contributed by atoms with van der Waals surface area (Å²) >= 11 is 0. The van der Waals surface area contributed by atoms with Gasteiger partial charge in [0.05, 0.1) is 5.56 Å². The zero-order chi connectivity index (χ0) is 19.5. The maximum atomic E-state index is 12.8. The largest absolute Gasteiger partial charge is 0.445 e. The van der Waals surface area contributed by atoms with Crippen molar-refractivity contribution in [2.75, 3.05) is 0 Å². The number of carbonyl (C=O) groups is 2. The molecule has 0 aliphatic carbocycles. The van der Waals surface area contributed by atoms with Crippen molar-refractivity contribution in [3.8, 4) is 6.07 Å². The van der Waals surface area contributed by atoms with Crippen LogP contribution in [0.5, 0.6) is 0 Å². The number of benzene rings is 1. The van der Waals surface area contributed by atoms with E-state index in [2.05, 4.69) is 9.97 Å². The van der Waals surface area contributed by atoms with Crippen molar-refractivity contribution in [2.45, 2.75) is 44.4 Å². The van der Waals surface area contributed by atoms with Crippen LogP contribution >= 0.6 is 0 Å². The van der Waals surface area contributed by atoms with Gasteiger partial charge in [-0.05, 0) is 31.2 Å². The van der Waals surface area contributed by atoms with Crippen molar-refractivity contribution in [2.24, 2.45) is 5.92 Å². The van der Waals surface area contributed by atoms with Crippen LogP contribution in [-0.2, 0) is 11.3 Å². The van der Waals surface area contributed by atoms with Crippen molar-refractivity contribution in [1.82, 2.24) is 14.9 Å². The molecule has 2 aromatic rings. The summed E-state index contributed by atoms with van der Waals surface area (Å²) in [6, 6.07) is 11.5. The number of aromatic nitrogens is 2. The van der Waals surface area contributed by atoms with Crippen LogP contribution in [0.2, 0.25) is 0 Å². The van der Waals surface area contributed by atoms with Gasteiger partial charge < -0.3 is 9.64 Å². The Morgan fingerprint density at radius 2 is 1.75 bits per heavy atom. The summed E-state index contributed by atoms with van der Waals surface area (Å²) in [6.45, 7) is 0.251. The molecular formula is C21H20N4O3. The molecule has 7 heteroatoms. The van der Waals surface area contributed by atoms with Gasteiger partial charge in [0.25, 0.3) is 0 Å². The highest BCUT2D eigenvalue weighted by Gasteiger charge is 2.46. The number of Topliss-reactive ketones (excluding diaryl/α,β-unsaturated/α-hetero) is 1. The Morgan fingerprint density at radius 1 is 1.11 bits per heavy atom. The zero-order valence-electron chi connectivity index (χ0n) is 15.3. The molecule has 142 valence electrons. The SMILES string of the molecule is N#Cc1ncc(C(=O)C2CC3CCC(C2)N3C(=O)OCc2ccccc2)cn1. The number of amides is 1. The van der Waals surface area contributed by atoms with E-state index in [-0.39, 0.29) is 42.3 Å². The fourth-order valence-electron chi connectivity index (χ4n) is 4.23. The van der Waals surface area contributed by atoms with Gasteiger partial charge in [-0.25, -0.2) is 14.8 Å². The van der Waals surface area contributed by atoms with E-state index < -0.39 is 0 Å². The molecule has 2 aliphatic rings. The summed E-state index contributed by atoms with van der Waals surface area (Å²) in [5.74, 6) is -0.126. The predicted octanol–water partition coefficient (Wildman–Crippen LogP) is 3.11. The van der Waals surface area contributed by atoms with Crippen LogP contribution in [0.15, 0.2) is 42.7 Å². The molecule has 7 nitrogen and oxygen atoms in total. The van der Waals surface area contributed by atoms with Gasteiger partial charge >= 0.3 is 6.09 Å². The summed E-state index contributed by atoms with van der Waals surface area (Å²) in [6.07, 6.45) is 5.54. The van der Waals surface area contributed by atoms with E-state index in [1.54, 1.807) is 0 Å². The molecular weight excluding hydrogens is 356 g/mol. The Hall–Kier alpha value is -3.27. The van der Waals surface area contributed by atoms with Gasteiger partial charge in [-0.3, -0.25) is 4.79 Å². The first-order valence-electron chi connectivity index (χ1n) is 9.41. The van der Waals surface area contributed by atoms with Gasteiger partial charge in [0, 0.05) is 30.4 Å². The number of rotatable bonds is 4. The molecule has 0 N–H and O–H groups in total. The third-order valence-electron chi connectivity index (χ3n) is 5.56. The number of nitrogens with zero attached hydrogens (tertiary/aromatic N) is 4. The Bertz CT molecular complexity index is 893. The van der Waals surface area contributed by atoms with Crippen LogP contribution in [0.3, 0.4) is 0 Å². The molecule has 1 aromatic heterocycles. The van der Waals surface area contributed by atoms with Crippen LogP contribution in [0.1, 0.15) is 47.4 Å². The molecule has 2 unspecified atom stereocenters. The standard InChI is InChI=1S/C21H20N4O3/c22-10-19-23-11-16(12-24-19)20(26)15-8-17-6-7-18(9-15)25(17)21(27)28-13-14-4-2-1-3-5-14/h1-5,11-12,15,17-18H,6-9,13H2. The second-order valence-corrected chi connectivity index (χ2v) is 7.27. The summed E-state index contributed by atoms with van der Waals surface area (Å²) < 4.78 is 5.51. The van der Waals surface area contributed by atoms with E-state index in [0.717, 1.165) is 18.4 Å². The monoisotopic (exact) mass is 376 g/mol. The van der Waals surface area contributed by atoms with Gasteiger partial charge in [-0.2, -0.15) is 5.26 Å². The van der Waals surface area contributed by atoms with Crippen molar-refractivity contribution in [3.05, 3.63) is 59.7 Å². The predicted molar refractivity (Wildman–Crippen MR) is 99.1 cm³/mol. The number of ketones is 1. The molecule has 4 rings (SSSR count). The summed E-state index contributed by atoms with van der Waals surface area (Å²) in [5, 5.41) is 8.78. The molecule has 1 aromatic carbocycles. The smallest absolute Gasteiger partial charge is 0.410 e. The molecule has 3 heterocycles. The van der Waals surface area contributed by atoms with Crippen LogP contribution in [0.4, 0.5) is 4.79 Å². The van der Waals surface area contributed by atoms with E-state index in [1.165, 1.54) is 12.4 Å². The number of nitriles is 1. The molecule has 28 heavy (non-hydrogen) atoms. The zero-order valence-corrected chi connectivity index (χ0v) is 15.3. The first-order valence-corrected chi connectivity index (χ1v) is 9.41. The third-order valence-corrected chi connectivity index (χ3v) is 5.56. The molecule has 2 aliphatic heterocycles. The lowest BCUT2D eigenvalue weighted by Gasteiger charge is -2.37. The van der Waals surface area contributed by atoms with Gasteiger partial charge in [0.2, 0.25) is 5.82 Å². The Morgan fingerprint density at radius 3 is 2.36 bits per heavy atom. The molecule has 0 radical (unpaired) electrons. The molecule has 0 saturated carbocycles. The molecule has 2 saturated heterocycles. The van der Waals surface area contributed by atoms with E-state index in [4.69, 9.17) is 10.00 Å². The maximum absolute atomic E-state index is 12.8. The number of piperidine rings is 1. The Labute approximate surface area is 163 Å². The number of fused-ring (bicyclic) bond motifs is 2. The van der Waals surface area contributed by atoms with Gasteiger partial charge in [-0.15, -0.1) is 0 Å². The minimum absolute atomic E-state index is 0.0151. The molecule has 2 atom stereocenters. The number of hydrogen-bond donors (Lipinski definition) is 0. The van der Waals surface area contributed by atoms with E-state index >= 15 is 0 Å². The Kier molecular flexibility index (Phi) is 5.02. The summed E-state index contributed by atoms with van der Waals surface area (Å²) in [4.78, 5) is 35.0. The molecule has 1 amide bonds. The van der Waals surface area contributed by atoms with Crippen molar-refractivity contribution >= 4 is 11.9 Å². The van der Waals surface area contributed by atoms with Crippen LogP contribution in [0.25, 0.3) is 0 Å². The maximum Gasteiger partial charge on any atom is 0.410 e. The lowest BCUT2D eigenvalue weighted by Crippen LogP contribution is -2.48. The highest BCUT2D eigenvalue weighted by atomic mass is 16.6. The van der Waals surface area contributed by atoms with E-state index in [0.29, 0.717) is 18.4 Å². The van der Waals surface area contributed by atoms with Crippen LogP contribution in [0, 0.1) is 17.2 Å². The third kappa shape index (κ3) is 3.58. The average Bonchev–Trinajstić information content (AvgIpc) is 3.01. The number of ether oxygens (including phenoxy) is 1. The lowest BCUT2D eigenvalue weighted by atomic mass is 9.85. The fraction of sp³-hybridized carbons (Fsp3) is 0.381. The molecule has 0 spiro atoms. The molecule has 2 fully saturated rings.